The second-order valence-corrected chi connectivity index (χ2v) is 8.54. The number of ether oxygens (including phenoxy) is 1. The monoisotopic (exact) mass is 591 g/mol. The van der Waals surface area contributed by atoms with Crippen LogP contribution >= 0.6 is 27.5 Å². The number of hydrogen-bond acceptors (Lipinski definition) is 4. The fourth-order valence-corrected chi connectivity index (χ4v) is 4.09. The summed E-state index contributed by atoms with van der Waals surface area (Å²) >= 11 is 8.97. The summed E-state index contributed by atoms with van der Waals surface area (Å²) in [4.78, 5) is 29.3. The molecule has 36 heavy (non-hydrogen) atoms. The van der Waals surface area contributed by atoms with Crippen LogP contribution in [0, 0.1) is 0 Å². The van der Waals surface area contributed by atoms with Crippen LogP contribution in [0.5, 0.6) is 5.75 Å². The molecule has 6 nitrogen and oxygen atoms in total. The van der Waals surface area contributed by atoms with Crippen molar-refractivity contribution in [1.82, 2.24) is 4.98 Å². The van der Waals surface area contributed by atoms with Crippen LogP contribution < -0.4 is 15.4 Å². The number of methoxy groups -OCH3 is 1. The molecule has 0 aliphatic heterocycles. The normalized spacial score (nSPS) is 13.0. The molecule has 3 rings (SSSR count). The highest BCUT2D eigenvalue weighted by Crippen LogP contribution is 2.46. The van der Waals surface area contributed by atoms with Gasteiger partial charge in [0, 0.05) is 28.0 Å². The number of carbonyl (C=O) groups excluding carboxylic acids is 2. The van der Waals surface area contributed by atoms with Crippen molar-refractivity contribution in [2.24, 2.45) is 0 Å². The van der Waals surface area contributed by atoms with E-state index >= 15 is 0 Å². The summed E-state index contributed by atoms with van der Waals surface area (Å²) in [5, 5.41) is 4.54. The largest absolute Gasteiger partial charge is 0.494 e. The predicted octanol–water partition coefficient (Wildman–Crippen LogP) is 6.71. The lowest BCUT2D eigenvalue weighted by Gasteiger charge is -2.26. The van der Waals surface area contributed by atoms with E-state index in [2.05, 4.69) is 31.5 Å². The Morgan fingerprint density at radius 1 is 1.06 bits per heavy atom. The molecule has 1 aromatic heterocycles. The van der Waals surface area contributed by atoms with E-state index in [1.165, 1.54) is 49.8 Å². The highest BCUT2D eigenvalue weighted by Gasteiger charge is 2.58. The van der Waals surface area contributed by atoms with E-state index in [1.807, 2.05) is 0 Å². The lowest BCUT2D eigenvalue weighted by Crippen LogP contribution is -2.40. The van der Waals surface area contributed by atoms with Crippen LogP contribution in [0.2, 0.25) is 5.02 Å². The summed E-state index contributed by atoms with van der Waals surface area (Å²) in [6.07, 6.45) is -2.68. The molecule has 0 saturated carbocycles. The number of carbonyl (C=O) groups is 2. The molecular weight excluding hydrogens is 577 g/mol. The van der Waals surface area contributed by atoms with Gasteiger partial charge in [-0.2, -0.15) is 13.2 Å². The van der Waals surface area contributed by atoms with Gasteiger partial charge in [0.15, 0.2) is 5.75 Å². The summed E-state index contributed by atoms with van der Waals surface area (Å²) in [6, 6.07) is 8.54. The Labute approximate surface area is 214 Å². The summed E-state index contributed by atoms with van der Waals surface area (Å²) in [7, 11) is 1.26. The molecule has 2 N–H and O–H groups in total. The average Bonchev–Trinajstić information content (AvgIpc) is 2.85. The number of para-hydroxylation sites is 1. The zero-order chi connectivity index (χ0) is 26.7. The second-order valence-electron chi connectivity index (χ2n) is 7.28. The van der Waals surface area contributed by atoms with Crippen molar-refractivity contribution in [2.45, 2.75) is 11.8 Å². The number of aromatic nitrogens is 1. The first-order valence-corrected chi connectivity index (χ1v) is 11.1. The molecule has 0 fully saturated rings. The van der Waals surface area contributed by atoms with E-state index in [9.17, 15) is 31.5 Å². The van der Waals surface area contributed by atoms with Crippen LogP contribution in [0.4, 0.5) is 33.3 Å². The third kappa shape index (κ3) is 5.44. The van der Waals surface area contributed by atoms with Crippen molar-refractivity contribution >= 4 is 50.7 Å². The highest BCUT2D eigenvalue weighted by atomic mass is 79.9. The minimum absolute atomic E-state index is 0.0152. The van der Waals surface area contributed by atoms with Crippen molar-refractivity contribution in [3.05, 3.63) is 81.0 Å². The molecule has 190 valence electrons. The lowest BCUT2D eigenvalue weighted by atomic mass is 9.96. The smallest absolute Gasteiger partial charge is 0.429 e. The van der Waals surface area contributed by atoms with Gasteiger partial charge in [-0.05, 0) is 52.3 Å². The third-order valence-electron chi connectivity index (χ3n) is 5.03. The highest BCUT2D eigenvalue weighted by molar-refractivity contribution is 9.10. The Balaban J connectivity index is 1.92. The molecular formula is C23H16BrClF5N3O3. The van der Waals surface area contributed by atoms with Gasteiger partial charge in [-0.3, -0.25) is 14.6 Å². The van der Waals surface area contributed by atoms with Crippen LogP contribution in [0.3, 0.4) is 0 Å². The van der Waals surface area contributed by atoms with Crippen molar-refractivity contribution in [3.63, 3.8) is 0 Å². The van der Waals surface area contributed by atoms with Crippen molar-refractivity contribution in [3.8, 4) is 5.75 Å². The first kappa shape index (κ1) is 27.3. The molecule has 0 aliphatic rings. The van der Waals surface area contributed by atoms with Crippen LogP contribution in [0.15, 0.2) is 59.3 Å². The molecule has 1 unspecified atom stereocenters. The van der Waals surface area contributed by atoms with Gasteiger partial charge in [0.05, 0.1) is 29.1 Å². The number of pyridine rings is 1. The standard InChI is InChI=1S/C23H16BrClF5N3O3/c1-36-19-14(3-2-4-17(19)32-20(34)12-5-7-31-8-6-12)21(35)33-18-15(24)9-13(10-16(18)25)22(27,11-26)23(28,29)30/h2-10H,11H2,1H3,(H,32,34)(H,33,35). The average molecular weight is 593 g/mol. The van der Waals surface area contributed by atoms with Gasteiger partial charge in [-0.1, -0.05) is 17.7 Å². The molecule has 1 heterocycles. The summed E-state index contributed by atoms with van der Waals surface area (Å²) in [5.74, 6) is -1.32. The molecule has 0 aliphatic carbocycles. The number of hydrogen-bond donors (Lipinski definition) is 2. The Hall–Kier alpha value is -3.25. The first-order chi connectivity index (χ1) is 16.9. The number of benzene rings is 2. The van der Waals surface area contributed by atoms with E-state index in [0.29, 0.717) is 17.7 Å². The van der Waals surface area contributed by atoms with E-state index in [-0.39, 0.29) is 27.2 Å². The fourth-order valence-electron chi connectivity index (χ4n) is 3.15. The molecule has 0 spiro atoms. The molecule has 0 saturated heterocycles. The van der Waals surface area contributed by atoms with E-state index < -0.39 is 40.9 Å². The quantitative estimate of drug-likeness (QED) is 0.299. The van der Waals surface area contributed by atoms with Gasteiger partial charge >= 0.3 is 6.18 Å². The minimum atomic E-state index is -5.54. The second kappa shape index (κ2) is 10.8. The minimum Gasteiger partial charge on any atom is -0.494 e. The van der Waals surface area contributed by atoms with E-state index in [4.69, 9.17) is 16.3 Å². The maximum absolute atomic E-state index is 14.4. The maximum atomic E-state index is 14.4. The number of amides is 2. The van der Waals surface area contributed by atoms with Crippen LogP contribution in [-0.4, -0.2) is 36.8 Å². The zero-order valence-electron chi connectivity index (χ0n) is 18.2. The molecule has 0 radical (unpaired) electrons. The van der Waals surface area contributed by atoms with Crippen LogP contribution in [0.25, 0.3) is 0 Å². The van der Waals surface area contributed by atoms with Crippen LogP contribution in [-0.2, 0) is 5.67 Å². The molecule has 0 bridgehead atoms. The molecule has 3 aromatic rings. The lowest BCUT2D eigenvalue weighted by molar-refractivity contribution is -0.240. The number of anilines is 2. The van der Waals surface area contributed by atoms with Gasteiger partial charge in [0.25, 0.3) is 17.5 Å². The van der Waals surface area contributed by atoms with E-state index in [1.54, 1.807) is 0 Å². The number of nitrogens with one attached hydrogen (secondary N) is 2. The number of nitrogens with zero attached hydrogens (tertiary/aromatic N) is 1. The summed E-state index contributed by atoms with van der Waals surface area (Å²) < 4.78 is 71.9. The van der Waals surface area contributed by atoms with Gasteiger partial charge < -0.3 is 15.4 Å². The molecule has 1 atom stereocenters. The van der Waals surface area contributed by atoms with Gasteiger partial charge in [-0.15, -0.1) is 0 Å². The van der Waals surface area contributed by atoms with Crippen LogP contribution in [0.1, 0.15) is 26.3 Å². The summed E-state index contributed by atoms with van der Waals surface area (Å²) in [6.45, 7) is -2.36. The Kier molecular flexibility index (Phi) is 8.19. The van der Waals surface area contributed by atoms with E-state index in [0.717, 1.165) is 0 Å². The Morgan fingerprint density at radius 3 is 2.28 bits per heavy atom. The van der Waals surface area contributed by atoms with Gasteiger partial charge in [-0.25, -0.2) is 8.78 Å². The molecule has 2 aromatic carbocycles. The summed E-state index contributed by atoms with van der Waals surface area (Å²) in [5.41, 5.74) is -5.16. The SMILES string of the molecule is COc1c(NC(=O)c2ccncc2)cccc1C(=O)Nc1c(Cl)cc(C(F)(CF)C(F)(F)F)cc1Br. The number of alkyl halides is 5. The topological polar surface area (TPSA) is 80.3 Å². The Morgan fingerprint density at radius 2 is 1.72 bits per heavy atom. The zero-order valence-corrected chi connectivity index (χ0v) is 20.6. The van der Waals surface area contributed by atoms with Gasteiger partial charge in [0.1, 0.15) is 6.67 Å². The Bertz CT molecular complexity index is 1270. The fraction of sp³-hybridized carbons (Fsp3) is 0.174. The van der Waals surface area contributed by atoms with Crippen molar-refractivity contribution < 1.29 is 36.3 Å². The maximum Gasteiger partial charge on any atom is 0.429 e. The van der Waals surface area contributed by atoms with Gasteiger partial charge in [0.2, 0.25) is 0 Å². The number of rotatable bonds is 7. The first-order valence-electron chi connectivity index (χ1n) is 9.93. The number of halogens is 7. The van der Waals surface area contributed by atoms with Crippen molar-refractivity contribution in [2.75, 3.05) is 24.4 Å². The van der Waals surface area contributed by atoms with Crippen molar-refractivity contribution in [1.29, 1.82) is 0 Å². The predicted molar refractivity (Wildman–Crippen MR) is 127 cm³/mol. The third-order valence-corrected chi connectivity index (χ3v) is 5.95. The molecule has 13 heteroatoms. The molecule has 2 amide bonds.